The maximum Gasteiger partial charge on any atom is 0.306 e. The van der Waals surface area contributed by atoms with Crippen LogP contribution in [0.1, 0.15) is 74.5 Å². The van der Waals surface area contributed by atoms with Crippen molar-refractivity contribution in [2.75, 3.05) is 6.54 Å². The lowest BCUT2D eigenvalue weighted by Crippen LogP contribution is -2.30. The van der Waals surface area contributed by atoms with E-state index in [4.69, 9.17) is 4.42 Å². The van der Waals surface area contributed by atoms with Crippen molar-refractivity contribution in [2.24, 2.45) is 5.92 Å². The molecular formula is C27H25NO6. The Hall–Kier alpha value is -3.74. The summed E-state index contributed by atoms with van der Waals surface area (Å²) in [6.45, 7) is 0.229. The first-order chi connectivity index (χ1) is 16.4. The molecule has 0 spiro atoms. The number of carbonyl (C=O) groups is 4. The first kappa shape index (κ1) is 22.1. The number of furan rings is 1. The van der Waals surface area contributed by atoms with E-state index in [1.807, 2.05) is 6.07 Å². The molecule has 1 aliphatic heterocycles. The van der Waals surface area contributed by atoms with Gasteiger partial charge in [-0.05, 0) is 43.9 Å². The Morgan fingerprint density at radius 3 is 2.44 bits per heavy atom. The summed E-state index contributed by atoms with van der Waals surface area (Å²) in [6.07, 6.45) is 4.13. The third-order valence-corrected chi connectivity index (χ3v) is 6.87. The molecule has 0 fully saturated rings. The second kappa shape index (κ2) is 8.89. The lowest BCUT2D eigenvalue weighted by Gasteiger charge is -2.15. The summed E-state index contributed by atoms with van der Waals surface area (Å²) in [5, 5.41) is 10.7. The van der Waals surface area contributed by atoms with Crippen molar-refractivity contribution >= 4 is 34.5 Å². The molecule has 0 radical (unpaired) electrons. The van der Waals surface area contributed by atoms with Gasteiger partial charge in [0.15, 0.2) is 5.78 Å². The van der Waals surface area contributed by atoms with Crippen molar-refractivity contribution in [1.82, 2.24) is 4.90 Å². The number of hydrogen-bond acceptors (Lipinski definition) is 5. The molecule has 7 heteroatoms. The highest BCUT2D eigenvalue weighted by molar-refractivity contribution is 6.21. The zero-order valence-corrected chi connectivity index (χ0v) is 18.7. The summed E-state index contributed by atoms with van der Waals surface area (Å²) < 4.78 is 5.89. The quantitative estimate of drug-likeness (QED) is 0.283. The van der Waals surface area contributed by atoms with Crippen molar-refractivity contribution in [3.63, 3.8) is 0 Å². The van der Waals surface area contributed by atoms with Crippen molar-refractivity contribution in [1.29, 1.82) is 0 Å². The van der Waals surface area contributed by atoms with Gasteiger partial charge in [0.2, 0.25) is 0 Å². The Balaban J connectivity index is 1.17. The zero-order valence-electron chi connectivity index (χ0n) is 18.7. The maximum atomic E-state index is 12.8. The molecule has 7 nitrogen and oxygen atoms in total. The predicted octanol–water partition coefficient (Wildman–Crippen LogP) is 4.66. The highest BCUT2D eigenvalue weighted by Crippen LogP contribution is 2.33. The summed E-state index contributed by atoms with van der Waals surface area (Å²) in [5.74, 6) is -1.72. The predicted molar refractivity (Wildman–Crippen MR) is 124 cm³/mol. The normalized spacial score (nSPS) is 15.6. The van der Waals surface area contributed by atoms with Crippen molar-refractivity contribution in [3.8, 4) is 0 Å². The number of aliphatic carboxylic acids is 1. The Labute approximate surface area is 196 Å². The van der Waals surface area contributed by atoms with Crippen LogP contribution >= 0.6 is 0 Å². The van der Waals surface area contributed by atoms with Crippen molar-refractivity contribution in [2.45, 2.75) is 44.9 Å². The molecule has 0 saturated carbocycles. The number of ketones is 1. The zero-order chi connectivity index (χ0) is 23.8. The van der Waals surface area contributed by atoms with Crippen LogP contribution in [0.5, 0.6) is 0 Å². The van der Waals surface area contributed by atoms with E-state index in [2.05, 4.69) is 0 Å². The lowest BCUT2D eigenvalue weighted by atomic mass is 9.93. The van der Waals surface area contributed by atoms with E-state index in [0.29, 0.717) is 41.5 Å². The molecule has 0 saturated heterocycles. The number of carbonyl (C=O) groups excluding carboxylic acids is 3. The molecule has 1 aliphatic carbocycles. The molecule has 0 bridgehead atoms. The van der Waals surface area contributed by atoms with Gasteiger partial charge < -0.3 is 9.52 Å². The summed E-state index contributed by atoms with van der Waals surface area (Å²) in [4.78, 5) is 50.7. The van der Waals surface area contributed by atoms with Gasteiger partial charge in [-0.3, -0.25) is 24.1 Å². The average Bonchev–Trinajstić information content (AvgIpc) is 3.49. The first-order valence-electron chi connectivity index (χ1n) is 11.7. The van der Waals surface area contributed by atoms with Crippen LogP contribution in [-0.4, -0.2) is 40.1 Å². The number of carboxylic acids is 1. The fourth-order valence-electron chi connectivity index (χ4n) is 5.03. The Kier molecular flexibility index (Phi) is 5.77. The number of amides is 2. The Morgan fingerprint density at radius 1 is 1.00 bits per heavy atom. The summed E-state index contributed by atoms with van der Waals surface area (Å²) >= 11 is 0. The van der Waals surface area contributed by atoms with Crippen LogP contribution in [0.25, 0.3) is 11.0 Å². The second-order valence-corrected chi connectivity index (χ2v) is 9.03. The van der Waals surface area contributed by atoms with Gasteiger partial charge in [0, 0.05) is 35.9 Å². The van der Waals surface area contributed by atoms with Crippen LogP contribution in [0, 0.1) is 5.92 Å². The smallest absolute Gasteiger partial charge is 0.306 e. The van der Waals surface area contributed by atoms with Gasteiger partial charge >= 0.3 is 5.97 Å². The number of unbranched alkanes of at least 4 members (excludes halogenated alkanes) is 1. The molecule has 2 amide bonds. The van der Waals surface area contributed by atoms with Gasteiger partial charge in [-0.25, -0.2) is 0 Å². The van der Waals surface area contributed by atoms with Gasteiger partial charge in [0.05, 0.1) is 17.0 Å². The minimum atomic E-state index is -1.02. The first-order valence-corrected chi connectivity index (χ1v) is 11.7. The lowest BCUT2D eigenvalue weighted by molar-refractivity contribution is -0.141. The van der Waals surface area contributed by atoms with Crippen LogP contribution in [0.3, 0.4) is 0 Å². The van der Waals surface area contributed by atoms with Crippen LogP contribution in [0.4, 0.5) is 0 Å². The molecule has 3 aromatic rings. The van der Waals surface area contributed by atoms with Crippen molar-refractivity contribution in [3.05, 3.63) is 70.5 Å². The topological polar surface area (TPSA) is 105 Å². The number of aryl methyl sites for hydroxylation is 2. The van der Waals surface area contributed by atoms with Crippen LogP contribution in [0.15, 0.2) is 46.9 Å². The molecule has 5 rings (SSSR count). The van der Waals surface area contributed by atoms with E-state index in [1.54, 1.807) is 36.4 Å². The van der Waals surface area contributed by atoms with E-state index >= 15 is 0 Å². The van der Waals surface area contributed by atoms with Crippen LogP contribution < -0.4 is 0 Å². The number of rotatable bonds is 9. The highest BCUT2D eigenvalue weighted by Gasteiger charge is 2.34. The van der Waals surface area contributed by atoms with Gasteiger partial charge in [0.25, 0.3) is 11.8 Å². The van der Waals surface area contributed by atoms with E-state index in [1.165, 1.54) is 10.5 Å². The molecular weight excluding hydrogens is 434 g/mol. The van der Waals surface area contributed by atoms with E-state index in [0.717, 1.165) is 30.4 Å². The fraction of sp³-hybridized carbons (Fsp3) is 0.333. The average molecular weight is 459 g/mol. The molecule has 34 heavy (non-hydrogen) atoms. The molecule has 2 aromatic carbocycles. The number of carboxylic acid groups (broad SMARTS) is 1. The molecule has 0 unspecified atom stereocenters. The van der Waals surface area contributed by atoms with Gasteiger partial charge in [-0.1, -0.05) is 30.7 Å². The van der Waals surface area contributed by atoms with Gasteiger partial charge in [-0.2, -0.15) is 0 Å². The maximum absolute atomic E-state index is 12.8. The van der Waals surface area contributed by atoms with Crippen molar-refractivity contribution < 1.29 is 28.7 Å². The second-order valence-electron chi connectivity index (χ2n) is 9.03. The van der Waals surface area contributed by atoms with Crippen LogP contribution in [-0.2, 0) is 17.6 Å². The van der Waals surface area contributed by atoms with E-state index < -0.39 is 11.9 Å². The van der Waals surface area contributed by atoms with Gasteiger partial charge in [0.1, 0.15) is 11.3 Å². The molecule has 1 N–H and O–H groups in total. The monoisotopic (exact) mass is 459 g/mol. The summed E-state index contributed by atoms with van der Waals surface area (Å²) in [6, 6.07) is 12.1. The highest BCUT2D eigenvalue weighted by atomic mass is 16.4. The molecule has 2 heterocycles. The number of Topliss-reactive ketones (excluding diaryl/α,β-unsaturated/α-hetero) is 1. The van der Waals surface area contributed by atoms with E-state index in [9.17, 15) is 24.3 Å². The van der Waals surface area contributed by atoms with E-state index in [-0.39, 0.29) is 30.6 Å². The number of benzene rings is 2. The largest absolute Gasteiger partial charge is 0.481 e. The minimum absolute atomic E-state index is 0.103. The summed E-state index contributed by atoms with van der Waals surface area (Å²) in [5.41, 5.74) is 3.16. The number of nitrogens with zero attached hydrogens (tertiary/aromatic N) is 1. The standard InChI is InChI=1S/C27H25NO6/c29-22(16-11-12-19-18-9-5-10-23(18)34-24(19)15-16)14-17(27(32)33)6-3-4-13-28-25(30)20-7-1-2-8-21(20)26(28)31/h1-2,7-8,11-12,15,17H,3-6,9-10,13-14H2,(H,32,33)/t17-/m0/s1. The summed E-state index contributed by atoms with van der Waals surface area (Å²) in [7, 11) is 0. The molecule has 174 valence electrons. The van der Waals surface area contributed by atoms with Gasteiger partial charge in [-0.15, -0.1) is 0 Å². The number of hydrogen-bond donors (Lipinski definition) is 1. The number of fused-ring (bicyclic) bond motifs is 4. The SMILES string of the molecule is O=C(C[C@H](CCCCN1C(=O)c2ccccc2C1=O)C(=O)O)c1ccc2c3c(oc2c1)CCC3. The van der Waals surface area contributed by atoms with Crippen LogP contribution in [0.2, 0.25) is 0 Å². The third-order valence-electron chi connectivity index (χ3n) is 6.87. The molecule has 1 aromatic heterocycles. The molecule has 1 atom stereocenters. The number of imide groups is 1. The third kappa shape index (κ3) is 3.91. The Bertz CT molecular complexity index is 1280. The molecule has 2 aliphatic rings. The fourth-order valence-corrected chi connectivity index (χ4v) is 5.03. The minimum Gasteiger partial charge on any atom is -0.481 e. The Morgan fingerprint density at radius 2 is 1.74 bits per heavy atom.